The number of anilines is 1. The van der Waals surface area contributed by atoms with Crippen molar-refractivity contribution in [1.29, 1.82) is 0 Å². The van der Waals surface area contributed by atoms with E-state index in [1.54, 1.807) is 4.90 Å². The molecule has 1 unspecified atom stereocenters. The zero-order valence-corrected chi connectivity index (χ0v) is 14.6. The van der Waals surface area contributed by atoms with Gasteiger partial charge in [0.1, 0.15) is 0 Å². The molecule has 1 saturated heterocycles. The molecule has 3 rings (SSSR count). The van der Waals surface area contributed by atoms with Crippen molar-refractivity contribution in [2.45, 2.75) is 44.2 Å². The first-order valence-electron chi connectivity index (χ1n) is 8.15. The third-order valence-electron chi connectivity index (χ3n) is 4.73. The van der Waals surface area contributed by atoms with Crippen LogP contribution < -0.4 is 16.0 Å². The Morgan fingerprint density at radius 2 is 2.00 bits per heavy atom. The predicted molar refractivity (Wildman–Crippen MR) is 93.0 cm³/mol. The molecule has 1 aromatic rings. The molecule has 2 fully saturated rings. The van der Waals surface area contributed by atoms with Crippen LogP contribution in [0.2, 0.25) is 0 Å². The fourth-order valence-electron chi connectivity index (χ4n) is 3.36. The number of hydrogen-bond donors (Lipinski definition) is 2. The van der Waals surface area contributed by atoms with E-state index in [-0.39, 0.29) is 36.2 Å². The maximum Gasteiger partial charge on any atom is 0.227 e. The summed E-state index contributed by atoms with van der Waals surface area (Å²) in [6, 6.07) is 8.08. The van der Waals surface area contributed by atoms with E-state index < -0.39 is 0 Å². The van der Waals surface area contributed by atoms with Gasteiger partial charge in [-0.2, -0.15) is 0 Å². The summed E-state index contributed by atoms with van der Waals surface area (Å²) < 4.78 is 0.925. The molecule has 124 valence electrons. The molecule has 0 aromatic heterocycles. The average molecular weight is 380 g/mol. The Labute approximate surface area is 144 Å². The Kier molecular flexibility index (Phi) is 5.02. The highest BCUT2D eigenvalue weighted by Gasteiger charge is 2.36. The minimum Gasteiger partial charge on any atom is -0.353 e. The number of benzene rings is 1. The maximum absolute atomic E-state index is 12.5. The molecule has 3 N–H and O–H groups in total. The molecule has 1 aromatic carbocycles. The van der Waals surface area contributed by atoms with Crippen molar-refractivity contribution in [3.05, 3.63) is 28.7 Å². The number of amides is 2. The van der Waals surface area contributed by atoms with Gasteiger partial charge in [-0.05, 0) is 43.9 Å². The maximum atomic E-state index is 12.5. The molecule has 0 radical (unpaired) electrons. The van der Waals surface area contributed by atoms with Crippen molar-refractivity contribution in [2.24, 2.45) is 11.7 Å². The minimum absolute atomic E-state index is 0.00341. The molecular weight excluding hydrogens is 358 g/mol. The SMILES string of the molecule is NC1CCC(NC(=O)C2CC(=O)N(c3cccc(Br)c3)C2)CC1. The van der Waals surface area contributed by atoms with Gasteiger partial charge in [0.15, 0.2) is 0 Å². The number of nitrogens with one attached hydrogen (secondary N) is 1. The lowest BCUT2D eigenvalue weighted by Crippen LogP contribution is -2.43. The second-order valence-corrected chi connectivity index (χ2v) is 7.42. The smallest absolute Gasteiger partial charge is 0.227 e. The molecule has 1 atom stereocenters. The molecule has 6 heteroatoms. The first-order valence-corrected chi connectivity index (χ1v) is 8.94. The van der Waals surface area contributed by atoms with Crippen LogP contribution >= 0.6 is 15.9 Å². The third kappa shape index (κ3) is 3.93. The normalized spacial score (nSPS) is 28.0. The van der Waals surface area contributed by atoms with Gasteiger partial charge in [0.2, 0.25) is 11.8 Å². The molecule has 0 bridgehead atoms. The van der Waals surface area contributed by atoms with Gasteiger partial charge in [-0.25, -0.2) is 0 Å². The quantitative estimate of drug-likeness (QED) is 0.844. The molecular formula is C17H22BrN3O2. The number of nitrogens with zero attached hydrogens (tertiary/aromatic N) is 1. The zero-order chi connectivity index (χ0) is 16.4. The fourth-order valence-corrected chi connectivity index (χ4v) is 3.75. The Morgan fingerprint density at radius 3 is 2.70 bits per heavy atom. The Hall–Kier alpha value is -1.40. The minimum atomic E-state index is -0.267. The molecule has 2 aliphatic rings. The van der Waals surface area contributed by atoms with Crippen LogP contribution in [0.25, 0.3) is 0 Å². The lowest BCUT2D eigenvalue weighted by molar-refractivity contribution is -0.127. The van der Waals surface area contributed by atoms with Crippen LogP contribution in [0.15, 0.2) is 28.7 Å². The summed E-state index contributed by atoms with van der Waals surface area (Å²) in [6.07, 6.45) is 4.06. The van der Waals surface area contributed by atoms with Gasteiger partial charge in [0.05, 0.1) is 5.92 Å². The van der Waals surface area contributed by atoms with Crippen LogP contribution in [0, 0.1) is 5.92 Å². The van der Waals surface area contributed by atoms with Gasteiger partial charge >= 0.3 is 0 Å². The average Bonchev–Trinajstić information content (AvgIpc) is 2.92. The molecule has 2 amide bonds. The Morgan fingerprint density at radius 1 is 1.26 bits per heavy atom. The largest absolute Gasteiger partial charge is 0.353 e. The van der Waals surface area contributed by atoms with Crippen LogP contribution in [0.5, 0.6) is 0 Å². The summed E-state index contributed by atoms with van der Waals surface area (Å²) >= 11 is 3.42. The van der Waals surface area contributed by atoms with Gasteiger partial charge in [-0.1, -0.05) is 22.0 Å². The molecule has 23 heavy (non-hydrogen) atoms. The van der Waals surface area contributed by atoms with Gasteiger partial charge in [0.25, 0.3) is 0 Å². The second kappa shape index (κ2) is 7.01. The molecule has 1 aliphatic carbocycles. The molecule has 0 spiro atoms. The van der Waals surface area contributed by atoms with E-state index >= 15 is 0 Å². The standard InChI is InChI=1S/C17H22BrN3O2/c18-12-2-1-3-15(9-12)21-10-11(8-16(21)22)17(23)20-14-6-4-13(19)5-7-14/h1-3,9,11,13-14H,4-8,10,19H2,(H,20,23). The van der Waals surface area contributed by atoms with E-state index in [1.165, 1.54) is 0 Å². The highest BCUT2D eigenvalue weighted by Crippen LogP contribution is 2.28. The van der Waals surface area contributed by atoms with Gasteiger partial charge in [-0.15, -0.1) is 0 Å². The first kappa shape index (κ1) is 16.5. The lowest BCUT2D eigenvalue weighted by Gasteiger charge is -2.27. The summed E-state index contributed by atoms with van der Waals surface area (Å²) in [5, 5.41) is 3.10. The van der Waals surface area contributed by atoms with E-state index in [1.807, 2.05) is 24.3 Å². The van der Waals surface area contributed by atoms with Gasteiger partial charge < -0.3 is 16.0 Å². The topological polar surface area (TPSA) is 75.4 Å². The number of carbonyl (C=O) groups excluding carboxylic acids is 2. The Balaban J connectivity index is 1.59. The van der Waals surface area contributed by atoms with Crippen molar-refractivity contribution >= 4 is 33.4 Å². The number of hydrogen-bond acceptors (Lipinski definition) is 3. The monoisotopic (exact) mass is 379 g/mol. The van der Waals surface area contributed by atoms with E-state index in [0.717, 1.165) is 35.8 Å². The molecule has 5 nitrogen and oxygen atoms in total. The summed E-state index contributed by atoms with van der Waals surface area (Å²) in [5.41, 5.74) is 6.73. The van der Waals surface area contributed by atoms with E-state index in [9.17, 15) is 9.59 Å². The molecule has 1 saturated carbocycles. The summed E-state index contributed by atoms with van der Waals surface area (Å²) in [4.78, 5) is 26.4. The van der Waals surface area contributed by atoms with Crippen molar-refractivity contribution in [1.82, 2.24) is 5.32 Å². The highest BCUT2D eigenvalue weighted by molar-refractivity contribution is 9.10. The number of halogens is 1. The van der Waals surface area contributed by atoms with Crippen LogP contribution in [-0.2, 0) is 9.59 Å². The summed E-state index contributed by atoms with van der Waals surface area (Å²) in [7, 11) is 0. The predicted octanol–water partition coefficient (Wildman–Crippen LogP) is 2.19. The lowest BCUT2D eigenvalue weighted by atomic mass is 9.91. The number of rotatable bonds is 3. The zero-order valence-electron chi connectivity index (χ0n) is 13.0. The van der Waals surface area contributed by atoms with Crippen molar-refractivity contribution in [2.75, 3.05) is 11.4 Å². The van der Waals surface area contributed by atoms with Crippen LogP contribution in [0.1, 0.15) is 32.1 Å². The van der Waals surface area contributed by atoms with Crippen LogP contribution in [0.4, 0.5) is 5.69 Å². The number of nitrogens with two attached hydrogens (primary N) is 1. The highest BCUT2D eigenvalue weighted by atomic mass is 79.9. The van der Waals surface area contributed by atoms with Gasteiger partial charge in [-0.3, -0.25) is 9.59 Å². The van der Waals surface area contributed by atoms with Gasteiger partial charge in [0, 0.05) is 35.2 Å². The van der Waals surface area contributed by atoms with E-state index in [0.29, 0.717) is 6.54 Å². The van der Waals surface area contributed by atoms with Crippen molar-refractivity contribution in [3.8, 4) is 0 Å². The van der Waals surface area contributed by atoms with Crippen LogP contribution in [-0.4, -0.2) is 30.4 Å². The van der Waals surface area contributed by atoms with Crippen LogP contribution in [0.3, 0.4) is 0 Å². The summed E-state index contributed by atoms with van der Waals surface area (Å²) in [6.45, 7) is 0.452. The first-order chi connectivity index (χ1) is 11.0. The Bertz CT molecular complexity index is 599. The van der Waals surface area contributed by atoms with E-state index in [4.69, 9.17) is 5.73 Å². The van der Waals surface area contributed by atoms with Crippen molar-refractivity contribution in [3.63, 3.8) is 0 Å². The fraction of sp³-hybridized carbons (Fsp3) is 0.529. The third-order valence-corrected chi connectivity index (χ3v) is 5.23. The van der Waals surface area contributed by atoms with E-state index in [2.05, 4.69) is 21.2 Å². The number of carbonyl (C=O) groups is 2. The molecule has 1 heterocycles. The summed E-state index contributed by atoms with van der Waals surface area (Å²) in [5.74, 6) is -0.262. The van der Waals surface area contributed by atoms with Crippen molar-refractivity contribution < 1.29 is 9.59 Å². The second-order valence-electron chi connectivity index (χ2n) is 6.51. The molecule has 1 aliphatic heterocycles.